The number of imidazole rings is 1. The van der Waals surface area contributed by atoms with Crippen LogP contribution in [0.25, 0.3) is 5.65 Å². The maximum Gasteiger partial charge on any atom is 0.276 e. The molecule has 8 heteroatoms. The van der Waals surface area contributed by atoms with E-state index in [1.54, 1.807) is 29.0 Å². The van der Waals surface area contributed by atoms with Crippen molar-refractivity contribution in [1.29, 1.82) is 0 Å². The molecule has 0 aliphatic rings. The fraction of sp³-hybridized carbons (Fsp3) is 0.368. The Balaban J connectivity index is 1.94. The zero-order chi connectivity index (χ0) is 19.2. The number of nitrogens with one attached hydrogen (secondary N) is 3. The summed E-state index contributed by atoms with van der Waals surface area (Å²) in [5, 5.41) is 14.0. The van der Waals surface area contributed by atoms with E-state index in [-0.39, 0.29) is 5.91 Å². The van der Waals surface area contributed by atoms with E-state index in [4.69, 9.17) is 0 Å². The molecule has 3 aromatic heterocycles. The van der Waals surface area contributed by atoms with Crippen LogP contribution < -0.4 is 16.0 Å². The van der Waals surface area contributed by atoms with Gasteiger partial charge in [0.05, 0.1) is 11.9 Å². The zero-order valence-electron chi connectivity index (χ0n) is 15.9. The molecular formula is C19H25N7O. The van der Waals surface area contributed by atoms with Gasteiger partial charge in [-0.25, -0.2) is 9.50 Å². The van der Waals surface area contributed by atoms with Crippen molar-refractivity contribution in [1.82, 2.24) is 19.6 Å². The van der Waals surface area contributed by atoms with Crippen LogP contribution in [0.2, 0.25) is 0 Å². The van der Waals surface area contributed by atoms with Crippen molar-refractivity contribution in [2.45, 2.75) is 39.2 Å². The summed E-state index contributed by atoms with van der Waals surface area (Å²) in [6.07, 6.45) is 7.94. The largest absolute Gasteiger partial charge is 0.385 e. The molecule has 1 atom stereocenters. The van der Waals surface area contributed by atoms with Crippen LogP contribution in [0.3, 0.4) is 0 Å². The van der Waals surface area contributed by atoms with Crippen molar-refractivity contribution >= 4 is 28.7 Å². The third-order valence-corrected chi connectivity index (χ3v) is 4.39. The van der Waals surface area contributed by atoms with Gasteiger partial charge in [-0.3, -0.25) is 9.78 Å². The van der Waals surface area contributed by atoms with Crippen LogP contribution in [-0.2, 0) is 0 Å². The quantitative estimate of drug-likeness (QED) is 0.565. The maximum absolute atomic E-state index is 12.7. The van der Waals surface area contributed by atoms with Crippen molar-refractivity contribution in [3.05, 3.63) is 42.5 Å². The highest BCUT2D eigenvalue weighted by Gasteiger charge is 2.17. The van der Waals surface area contributed by atoms with E-state index in [1.165, 1.54) is 6.20 Å². The Hall–Kier alpha value is -3.16. The molecule has 0 bridgehead atoms. The number of hydrogen-bond acceptors (Lipinski definition) is 6. The molecule has 0 saturated carbocycles. The topological polar surface area (TPSA) is 96.2 Å². The van der Waals surface area contributed by atoms with E-state index >= 15 is 0 Å². The van der Waals surface area contributed by atoms with Crippen LogP contribution in [0.1, 0.15) is 43.6 Å². The number of aromatic nitrogens is 4. The van der Waals surface area contributed by atoms with Gasteiger partial charge in [0.1, 0.15) is 5.82 Å². The van der Waals surface area contributed by atoms with Crippen LogP contribution in [0.4, 0.5) is 17.2 Å². The normalized spacial score (nSPS) is 12.0. The van der Waals surface area contributed by atoms with Gasteiger partial charge in [0.25, 0.3) is 5.91 Å². The lowest BCUT2D eigenvalue weighted by atomic mass is 10.1. The van der Waals surface area contributed by atoms with Gasteiger partial charge < -0.3 is 16.0 Å². The molecule has 1 unspecified atom stereocenters. The fourth-order valence-electron chi connectivity index (χ4n) is 2.94. The summed E-state index contributed by atoms with van der Waals surface area (Å²) in [5.41, 5.74) is 2.45. The molecule has 3 aromatic rings. The third-order valence-electron chi connectivity index (χ3n) is 4.39. The minimum absolute atomic E-state index is 0.277. The summed E-state index contributed by atoms with van der Waals surface area (Å²) < 4.78 is 1.57. The summed E-state index contributed by atoms with van der Waals surface area (Å²) >= 11 is 0. The van der Waals surface area contributed by atoms with E-state index in [0.29, 0.717) is 28.9 Å². The number of anilines is 3. The lowest BCUT2D eigenvalue weighted by Crippen LogP contribution is -2.21. The second-order valence-electron chi connectivity index (χ2n) is 6.30. The van der Waals surface area contributed by atoms with Gasteiger partial charge in [0.15, 0.2) is 11.3 Å². The number of carbonyl (C=O) groups is 1. The first kappa shape index (κ1) is 18.6. The van der Waals surface area contributed by atoms with Crippen molar-refractivity contribution in [2.75, 3.05) is 23.0 Å². The Morgan fingerprint density at radius 1 is 1.26 bits per heavy atom. The predicted molar refractivity (Wildman–Crippen MR) is 107 cm³/mol. The van der Waals surface area contributed by atoms with Gasteiger partial charge in [-0.2, -0.15) is 0 Å². The average Bonchev–Trinajstić information content (AvgIpc) is 3.12. The maximum atomic E-state index is 12.7. The zero-order valence-corrected chi connectivity index (χ0v) is 15.9. The molecule has 1 amide bonds. The molecule has 0 radical (unpaired) electrons. The number of rotatable bonds is 8. The number of pyridine rings is 1. The highest BCUT2D eigenvalue weighted by atomic mass is 16.2. The smallest absolute Gasteiger partial charge is 0.276 e. The molecule has 3 rings (SSSR count). The lowest BCUT2D eigenvalue weighted by Gasteiger charge is -2.17. The molecule has 0 aliphatic carbocycles. The van der Waals surface area contributed by atoms with Crippen LogP contribution in [0, 0.1) is 0 Å². The Bertz CT molecular complexity index is 907. The average molecular weight is 367 g/mol. The number of amides is 1. The van der Waals surface area contributed by atoms with Gasteiger partial charge in [0.2, 0.25) is 0 Å². The van der Waals surface area contributed by atoms with E-state index in [9.17, 15) is 4.79 Å². The van der Waals surface area contributed by atoms with Crippen molar-refractivity contribution in [2.24, 2.45) is 0 Å². The summed E-state index contributed by atoms with van der Waals surface area (Å²) in [5.74, 6) is 0.434. The van der Waals surface area contributed by atoms with Crippen LogP contribution in [-0.4, -0.2) is 38.6 Å². The van der Waals surface area contributed by atoms with Gasteiger partial charge in [-0.1, -0.05) is 20.3 Å². The lowest BCUT2D eigenvalue weighted by molar-refractivity contribution is 0.102. The SMILES string of the molecule is CCCC(CC)Nc1cc(NC)c2ncc(C(=O)Nc3ccncc3)n2n1. The molecule has 142 valence electrons. The van der Waals surface area contributed by atoms with Crippen LogP contribution in [0.15, 0.2) is 36.8 Å². The Morgan fingerprint density at radius 2 is 2.04 bits per heavy atom. The Labute approximate surface area is 158 Å². The molecule has 0 saturated heterocycles. The van der Waals surface area contributed by atoms with E-state index < -0.39 is 0 Å². The van der Waals surface area contributed by atoms with Gasteiger partial charge in [-0.05, 0) is 25.0 Å². The minimum atomic E-state index is -0.277. The second kappa shape index (κ2) is 8.48. The van der Waals surface area contributed by atoms with E-state index in [0.717, 1.165) is 24.9 Å². The Morgan fingerprint density at radius 3 is 2.70 bits per heavy atom. The van der Waals surface area contributed by atoms with Crippen molar-refractivity contribution in [3.8, 4) is 0 Å². The monoisotopic (exact) mass is 367 g/mol. The minimum Gasteiger partial charge on any atom is -0.385 e. The molecule has 3 heterocycles. The van der Waals surface area contributed by atoms with E-state index in [2.05, 4.69) is 44.9 Å². The molecule has 27 heavy (non-hydrogen) atoms. The highest BCUT2D eigenvalue weighted by molar-refractivity contribution is 6.03. The molecule has 3 N–H and O–H groups in total. The first-order chi connectivity index (χ1) is 13.2. The number of carbonyl (C=O) groups excluding carboxylic acids is 1. The molecular weight excluding hydrogens is 342 g/mol. The summed E-state index contributed by atoms with van der Waals surface area (Å²) in [6.45, 7) is 4.31. The molecule has 0 aromatic carbocycles. The van der Waals surface area contributed by atoms with Gasteiger partial charge >= 0.3 is 0 Å². The number of nitrogens with zero attached hydrogens (tertiary/aromatic N) is 4. The first-order valence-corrected chi connectivity index (χ1v) is 9.20. The standard InChI is InChI=1S/C19H25N7O/c1-4-6-13(5-2)23-17-11-15(20-3)18-22-12-16(26(18)25-17)19(27)24-14-7-9-21-10-8-14/h7-13,20H,4-6H2,1-3H3,(H,23,25)(H,21,24,27). The second-order valence-corrected chi connectivity index (χ2v) is 6.30. The number of fused-ring (bicyclic) bond motifs is 1. The van der Waals surface area contributed by atoms with Crippen molar-refractivity contribution in [3.63, 3.8) is 0 Å². The molecule has 8 nitrogen and oxygen atoms in total. The van der Waals surface area contributed by atoms with E-state index in [1.807, 2.05) is 13.1 Å². The number of hydrogen-bond donors (Lipinski definition) is 3. The fourth-order valence-corrected chi connectivity index (χ4v) is 2.94. The van der Waals surface area contributed by atoms with Crippen LogP contribution >= 0.6 is 0 Å². The highest BCUT2D eigenvalue weighted by Crippen LogP contribution is 2.22. The van der Waals surface area contributed by atoms with Gasteiger partial charge in [0, 0.05) is 37.2 Å². The first-order valence-electron chi connectivity index (χ1n) is 9.20. The molecule has 0 spiro atoms. The summed E-state index contributed by atoms with van der Waals surface area (Å²) in [4.78, 5) is 21.0. The summed E-state index contributed by atoms with van der Waals surface area (Å²) in [6, 6.07) is 5.72. The van der Waals surface area contributed by atoms with Crippen molar-refractivity contribution < 1.29 is 4.79 Å². The van der Waals surface area contributed by atoms with Crippen LogP contribution in [0.5, 0.6) is 0 Å². The summed E-state index contributed by atoms with van der Waals surface area (Å²) in [7, 11) is 1.83. The molecule has 0 aliphatic heterocycles. The Kier molecular flexibility index (Phi) is 5.85. The molecule has 0 fully saturated rings. The third kappa shape index (κ3) is 4.16. The van der Waals surface area contributed by atoms with Gasteiger partial charge in [-0.15, -0.1) is 5.10 Å². The predicted octanol–water partition coefficient (Wildman–Crippen LogP) is 3.41.